The molecule has 4 fully saturated rings. The fraction of sp³-hybridized carbons (Fsp3) is 0.524. The molecule has 10 rings (SSSR count). The van der Waals surface area contributed by atoms with Gasteiger partial charge in [0.15, 0.2) is 0 Å². The summed E-state index contributed by atoms with van der Waals surface area (Å²) in [7, 11) is 0. The number of alkyl halides is 1. The van der Waals surface area contributed by atoms with E-state index in [1.807, 2.05) is 14.9 Å². The Labute approximate surface area is 347 Å². The molecule has 4 saturated heterocycles. The van der Waals surface area contributed by atoms with Crippen LogP contribution in [0.5, 0.6) is 0 Å². The number of rotatable bonds is 7. The second kappa shape index (κ2) is 19.0. The molecule has 0 amide bonds. The normalized spacial score (nSPS) is 22.9. The summed E-state index contributed by atoms with van der Waals surface area (Å²) in [6.07, 6.45) is 18.3. The molecule has 4 aliphatic heterocycles. The highest BCUT2D eigenvalue weighted by Gasteiger charge is 2.33. The minimum Gasteiger partial charge on any atom is -0.381 e. The first-order chi connectivity index (χ1) is 28.9. The number of nitrogens with zero attached hydrogens (tertiary/aromatic N) is 9. The highest BCUT2D eigenvalue weighted by Crippen LogP contribution is 2.33. The molecule has 0 spiro atoms. The molecule has 4 atom stereocenters. The van der Waals surface area contributed by atoms with E-state index in [1.165, 1.54) is 0 Å². The quantitative estimate of drug-likeness (QED) is 0.193. The molecule has 4 aliphatic rings. The van der Waals surface area contributed by atoms with Crippen molar-refractivity contribution in [3.63, 3.8) is 0 Å². The zero-order chi connectivity index (χ0) is 40.7. The van der Waals surface area contributed by atoms with Crippen molar-refractivity contribution in [1.82, 2.24) is 58.9 Å². The van der Waals surface area contributed by atoms with E-state index >= 15 is 0 Å². The van der Waals surface area contributed by atoms with Crippen LogP contribution in [0.4, 0.5) is 0 Å². The Kier molecular flexibility index (Phi) is 13.2. The van der Waals surface area contributed by atoms with Crippen molar-refractivity contribution in [3.05, 3.63) is 117 Å². The number of halogens is 1. The van der Waals surface area contributed by atoms with Crippen LogP contribution in [0.2, 0.25) is 0 Å². The van der Waals surface area contributed by atoms with E-state index < -0.39 is 0 Å². The maximum absolute atomic E-state index is 12.8. The average Bonchev–Trinajstić information content (AvgIpc) is 4.09. The first kappa shape index (κ1) is 40.9. The Bertz CT molecular complexity index is 2390. The summed E-state index contributed by atoms with van der Waals surface area (Å²) in [6.45, 7) is 12.0. The van der Waals surface area contributed by atoms with Crippen LogP contribution in [0, 0.1) is 11.8 Å². The Hall–Kier alpha value is -4.87. The van der Waals surface area contributed by atoms with Crippen molar-refractivity contribution < 1.29 is 9.47 Å². The Morgan fingerprint density at radius 2 is 1.17 bits per heavy atom. The zero-order valence-corrected chi connectivity index (χ0v) is 34.4. The number of aromatic nitrogens is 10. The second-order valence-corrected chi connectivity index (χ2v) is 16.3. The minimum absolute atomic E-state index is 0.0394. The zero-order valence-electron chi connectivity index (χ0n) is 33.7. The standard InChI is InChI=1S/C21H26N6O2.C16H22N4O2.C5H5ClN2/c1-14-10-26(13-19-22-5-2-6-23-19)11-16(14)17-12-27-18(21(28)25-17)9-24-20(27)15-3-7-29-8-4-15;1-10-6-17-7-12(10)13-9-20-14(16(21)19-13)8-18-15(20)11-2-4-22-5-3-11;6-4-5-7-2-1-3-8-5/h2,5-6,9,12,14-16H,3-4,7-8,10-11,13H2,1H3,(H,25,28);8-12,17H,2-7H2,1H3,(H,19,21);1-3H,4H2/t14-,16-;10-,12-;/m11./s1. The molecule has 16 nitrogen and oxygen atoms in total. The molecule has 0 aliphatic carbocycles. The molecule has 6 aromatic heterocycles. The van der Waals surface area contributed by atoms with E-state index in [2.05, 4.69) is 76.3 Å². The van der Waals surface area contributed by atoms with Crippen molar-refractivity contribution >= 4 is 22.6 Å². The molecule has 0 aromatic carbocycles. The Morgan fingerprint density at radius 3 is 1.64 bits per heavy atom. The number of hydrogen-bond acceptors (Lipinski definition) is 12. The van der Waals surface area contributed by atoms with Crippen molar-refractivity contribution in [1.29, 1.82) is 0 Å². The van der Waals surface area contributed by atoms with Gasteiger partial charge in [0.05, 0.1) is 24.8 Å². The van der Waals surface area contributed by atoms with Crippen LogP contribution in [0.3, 0.4) is 0 Å². The van der Waals surface area contributed by atoms with E-state index in [1.54, 1.807) is 43.2 Å². The number of hydrogen-bond donors (Lipinski definition) is 3. The number of ether oxygens (including phenoxy) is 2. The van der Waals surface area contributed by atoms with Crippen LogP contribution >= 0.6 is 11.6 Å². The first-order valence-electron chi connectivity index (χ1n) is 20.7. The lowest BCUT2D eigenvalue weighted by Gasteiger charge is -2.21. The van der Waals surface area contributed by atoms with Crippen molar-refractivity contribution in [3.8, 4) is 0 Å². The lowest BCUT2D eigenvalue weighted by atomic mass is 9.95. The van der Waals surface area contributed by atoms with Crippen LogP contribution in [-0.4, -0.2) is 106 Å². The molecule has 6 aromatic rings. The molecule has 59 heavy (non-hydrogen) atoms. The van der Waals surface area contributed by atoms with Gasteiger partial charge in [-0.05, 0) is 56.2 Å². The largest absolute Gasteiger partial charge is 0.381 e. The van der Waals surface area contributed by atoms with Gasteiger partial charge in [0.2, 0.25) is 0 Å². The summed E-state index contributed by atoms with van der Waals surface area (Å²) in [5, 5.41) is 3.40. The van der Waals surface area contributed by atoms with Crippen LogP contribution in [-0.2, 0) is 21.9 Å². The number of nitrogens with one attached hydrogen (secondary N) is 3. The predicted octanol–water partition coefficient (Wildman–Crippen LogP) is 4.40. The highest BCUT2D eigenvalue weighted by atomic mass is 35.5. The van der Waals surface area contributed by atoms with Crippen molar-refractivity contribution in [2.45, 2.75) is 75.6 Å². The molecule has 3 N–H and O–H groups in total. The molecule has 312 valence electrons. The van der Waals surface area contributed by atoms with Crippen molar-refractivity contribution in [2.75, 3.05) is 52.6 Å². The minimum atomic E-state index is -0.0645. The summed E-state index contributed by atoms with van der Waals surface area (Å²) in [4.78, 5) is 59.2. The summed E-state index contributed by atoms with van der Waals surface area (Å²) >= 11 is 5.40. The van der Waals surface area contributed by atoms with Gasteiger partial charge >= 0.3 is 0 Å². The van der Waals surface area contributed by atoms with Crippen molar-refractivity contribution in [2.24, 2.45) is 11.8 Å². The number of fused-ring (bicyclic) bond motifs is 2. The smallest absolute Gasteiger partial charge is 0.274 e. The van der Waals surface area contributed by atoms with Crippen LogP contribution in [0.25, 0.3) is 11.0 Å². The molecule has 0 bridgehead atoms. The lowest BCUT2D eigenvalue weighted by molar-refractivity contribution is 0.0834. The second-order valence-electron chi connectivity index (χ2n) is 16.1. The number of imidazole rings is 2. The highest BCUT2D eigenvalue weighted by molar-refractivity contribution is 6.16. The van der Waals surface area contributed by atoms with Crippen LogP contribution < -0.4 is 16.4 Å². The summed E-state index contributed by atoms with van der Waals surface area (Å²) in [5.74, 6) is 6.20. The molecular formula is C42H53ClN12O4. The SMILES string of the molecule is C[C@@H]1CN(Cc2ncccn2)C[C@H]1c1cn2c(C3CCOCC3)ncc2c(=O)[nH]1.C[C@@H]1CNC[C@H]1c1cn2c(C3CCOCC3)ncc2c(=O)[nH]1.ClCc1ncccn1. The maximum atomic E-state index is 12.8. The summed E-state index contributed by atoms with van der Waals surface area (Å²) in [6, 6.07) is 3.59. The van der Waals surface area contributed by atoms with Gasteiger partial charge in [-0.15, -0.1) is 11.6 Å². The predicted molar refractivity (Wildman–Crippen MR) is 223 cm³/mol. The van der Waals surface area contributed by atoms with E-state index in [0.717, 1.165) is 114 Å². The van der Waals surface area contributed by atoms with E-state index in [9.17, 15) is 9.59 Å². The van der Waals surface area contributed by atoms with Gasteiger partial charge in [-0.1, -0.05) is 13.8 Å². The fourth-order valence-electron chi connectivity index (χ4n) is 8.82. The maximum Gasteiger partial charge on any atom is 0.274 e. The summed E-state index contributed by atoms with van der Waals surface area (Å²) < 4.78 is 15.0. The number of aromatic amines is 2. The third kappa shape index (κ3) is 9.47. The molecule has 0 radical (unpaired) electrons. The monoisotopic (exact) mass is 824 g/mol. The first-order valence-corrected chi connectivity index (χ1v) is 21.3. The van der Waals surface area contributed by atoms with Gasteiger partial charge in [-0.25, -0.2) is 29.9 Å². The molecular weight excluding hydrogens is 772 g/mol. The average molecular weight is 825 g/mol. The van der Waals surface area contributed by atoms with Gasteiger partial charge in [0.25, 0.3) is 11.1 Å². The molecule has 0 saturated carbocycles. The van der Waals surface area contributed by atoms with Gasteiger partial charge in [0, 0.05) is 118 Å². The van der Waals surface area contributed by atoms with E-state index in [-0.39, 0.29) is 17.0 Å². The molecule has 17 heteroatoms. The van der Waals surface area contributed by atoms with Gasteiger partial charge < -0.3 is 24.8 Å². The lowest BCUT2D eigenvalue weighted by Crippen LogP contribution is -2.22. The molecule has 10 heterocycles. The number of H-pyrrole nitrogens is 2. The summed E-state index contributed by atoms with van der Waals surface area (Å²) in [5.41, 5.74) is 3.16. The van der Waals surface area contributed by atoms with E-state index in [4.69, 9.17) is 21.1 Å². The van der Waals surface area contributed by atoms with E-state index in [0.29, 0.717) is 52.3 Å². The third-order valence-corrected chi connectivity index (χ3v) is 12.3. The molecule has 0 unspecified atom stereocenters. The number of likely N-dealkylation sites (tertiary alicyclic amines) is 1. The van der Waals surface area contributed by atoms with Crippen LogP contribution in [0.15, 0.2) is 71.3 Å². The van der Waals surface area contributed by atoms with Gasteiger partial charge in [0.1, 0.15) is 34.3 Å². The fourth-order valence-corrected chi connectivity index (χ4v) is 8.96. The Morgan fingerprint density at radius 1 is 0.661 bits per heavy atom. The van der Waals surface area contributed by atoms with Gasteiger partial charge in [-0.3, -0.25) is 23.3 Å². The third-order valence-electron chi connectivity index (χ3n) is 12.1. The Balaban J connectivity index is 0.000000142. The van der Waals surface area contributed by atoms with Crippen LogP contribution in [0.1, 0.15) is 97.9 Å². The van der Waals surface area contributed by atoms with Gasteiger partial charge in [-0.2, -0.15) is 0 Å². The topological polar surface area (TPSA) is 186 Å².